The highest BCUT2D eigenvalue weighted by Gasteiger charge is 2.36. The minimum absolute atomic E-state index is 0.0885. The second-order valence-corrected chi connectivity index (χ2v) is 5.08. The summed E-state index contributed by atoms with van der Waals surface area (Å²) in [6, 6.07) is 4.71. The lowest BCUT2D eigenvalue weighted by molar-refractivity contribution is -0.137. The Morgan fingerprint density at radius 2 is 1.89 bits per heavy atom. The number of alkyl halides is 3. The van der Waals surface area contributed by atoms with Crippen LogP contribution in [-0.4, -0.2) is 5.78 Å². The van der Waals surface area contributed by atoms with E-state index >= 15 is 0 Å². The fourth-order valence-corrected chi connectivity index (χ4v) is 2.71. The normalized spacial score (nSPS) is 11.6. The molecule has 6 heteroatoms. The van der Waals surface area contributed by atoms with Crippen molar-refractivity contribution in [3.8, 4) is 0 Å². The SMILES string of the molecule is Cc1cccc(C(=O)c2cscc2C(F)(F)F)c1Cl. The summed E-state index contributed by atoms with van der Waals surface area (Å²) in [7, 11) is 0. The van der Waals surface area contributed by atoms with Gasteiger partial charge in [0.05, 0.1) is 10.6 Å². The first-order valence-corrected chi connectivity index (χ1v) is 6.57. The molecule has 0 fully saturated rings. The van der Waals surface area contributed by atoms with Gasteiger partial charge in [-0.15, -0.1) is 0 Å². The number of hydrogen-bond acceptors (Lipinski definition) is 2. The van der Waals surface area contributed by atoms with Gasteiger partial charge in [-0.2, -0.15) is 24.5 Å². The van der Waals surface area contributed by atoms with Gasteiger partial charge in [0.1, 0.15) is 0 Å². The average Bonchev–Trinajstić information content (AvgIpc) is 2.80. The molecular weight excluding hydrogens is 297 g/mol. The highest BCUT2D eigenvalue weighted by molar-refractivity contribution is 7.08. The standard InChI is InChI=1S/C13H8ClF3OS/c1-7-3-2-4-8(11(7)14)12(18)9-5-19-6-10(9)13(15,16)17/h2-6H,1H3. The van der Waals surface area contributed by atoms with Crippen molar-refractivity contribution < 1.29 is 18.0 Å². The van der Waals surface area contributed by atoms with Crippen molar-refractivity contribution in [3.63, 3.8) is 0 Å². The minimum atomic E-state index is -4.54. The fraction of sp³-hybridized carbons (Fsp3) is 0.154. The van der Waals surface area contributed by atoms with E-state index < -0.39 is 17.5 Å². The number of thiophene rings is 1. The highest BCUT2D eigenvalue weighted by atomic mass is 35.5. The molecule has 0 bridgehead atoms. The molecule has 0 aliphatic heterocycles. The maximum Gasteiger partial charge on any atom is 0.417 e. The fourth-order valence-electron chi connectivity index (χ4n) is 1.66. The molecule has 1 aromatic carbocycles. The molecule has 1 nitrogen and oxygen atoms in total. The van der Waals surface area contributed by atoms with Crippen LogP contribution >= 0.6 is 22.9 Å². The van der Waals surface area contributed by atoms with E-state index in [0.29, 0.717) is 5.56 Å². The molecule has 0 unspecified atom stereocenters. The zero-order chi connectivity index (χ0) is 14.2. The molecule has 1 heterocycles. The van der Waals surface area contributed by atoms with E-state index in [0.717, 1.165) is 16.7 Å². The average molecular weight is 305 g/mol. The molecule has 0 atom stereocenters. The van der Waals surface area contributed by atoms with Gasteiger partial charge < -0.3 is 0 Å². The zero-order valence-corrected chi connectivity index (χ0v) is 11.3. The maximum atomic E-state index is 12.8. The van der Waals surface area contributed by atoms with Crippen molar-refractivity contribution >= 4 is 28.7 Å². The molecule has 0 aliphatic carbocycles. The smallest absolute Gasteiger partial charge is 0.289 e. The number of ketones is 1. The Labute approximate surface area is 116 Å². The molecular formula is C13H8ClF3OS. The molecule has 0 saturated heterocycles. The van der Waals surface area contributed by atoms with Gasteiger partial charge in [0.2, 0.25) is 0 Å². The zero-order valence-electron chi connectivity index (χ0n) is 9.72. The molecule has 19 heavy (non-hydrogen) atoms. The monoisotopic (exact) mass is 304 g/mol. The van der Waals surface area contributed by atoms with Crippen LogP contribution < -0.4 is 0 Å². The van der Waals surface area contributed by atoms with Gasteiger partial charge in [0.15, 0.2) is 5.78 Å². The Morgan fingerprint density at radius 1 is 1.21 bits per heavy atom. The van der Waals surface area contributed by atoms with Gasteiger partial charge in [-0.25, -0.2) is 0 Å². The Bertz CT molecular complexity index is 631. The van der Waals surface area contributed by atoms with Crippen molar-refractivity contribution in [2.75, 3.05) is 0 Å². The summed E-state index contributed by atoms with van der Waals surface area (Å²) in [6.45, 7) is 1.69. The minimum Gasteiger partial charge on any atom is -0.289 e. The van der Waals surface area contributed by atoms with Crippen molar-refractivity contribution in [1.82, 2.24) is 0 Å². The van der Waals surface area contributed by atoms with Crippen LogP contribution in [0.25, 0.3) is 0 Å². The summed E-state index contributed by atoms with van der Waals surface area (Å²) in [5.74, 6) is -0.706. The summed E-state index contributed by atoms with van der Waals surface area (Å²) < 4.78 is 38.3. The van der Waals surface area contributed by atoms with Crippen LogP contribution in [0.15, 0.2) is 29.0 Å². The Hall–Kier alpha value is -1.33. The predicted octanol–water partition coefficient (Wildman–Crippen LogP) is 4.96. The first-order chi connectivity index (χ1) is 8.82. The quantitative estimate of drug-likeness (QED) is 0.717. The van der Waals surface area contributed by atoms with E-state index in [4.69, 9.17) is 11.6 Å². The molecule has 1 aromatic heterocycles. The van der Waals surface area contributed by atoms with Crippen LogP contribution in [0.3, 0.4) is 0 Å². The molecule has 0 aliphatic rings. The van der Waals surface area contributed by atoms with Crippen LogP contribution in [0.1, 0.15) is 27.0 Å². The number of halogens is 4. The number of hydrogen-bond donors (Lipinski definition) is 0. The molecule has 2 aromatic rings. The largest absolute Gasteiger partial charge is 0.417 e. The topological polar surface area (TPSA) is 17.1 Å². The summed E-state index contributed by atoms with van der Waals surface area (Å²) in [4.78, 5) is 12.2. The van der Waals surface area contributed by atoms with Crippen LogP contribution in [0.5, 0.6) is 0 Å². The van der Waals surface area contributed by atoms with Crippen molar-refractivity contribution in [1.29, 1.82) is 0 Å². The van der Waals surface area contributed by atoms with Gasteiger partial charge in [-0.05, 0) is 18.6 Å². The number of rotatable bonds is 2. The van der Waals surface area contributed by atoms with Crippen LogP contribution in [0, 0.1) is 6.92 Å². The van der Waals surface area contributed by atoms with E-state index in [9.17, 15) is 18.0 Å². The van der Waals surface area contributed by atoms with E-state index in [1.165, 1.54) is 11.4 Å². The Balaban J connectivity index is 2.52. The van der Waals surface area contributed by atoms with E-state index in [2.05, 4.69) is 0 Å². The highest BCUT2D eigenvalue weighted by Crippen LogP contribution is 2.36. The molecule has 0 N–H and O–H groups in total. The molecule has 100 valence electrons. The maximum absolute atomic E-state index is 12.8. The van der Waals surface area contributed by atoms with Gasteiger partial charge in [-0.3, -0.25) is 4.79 Å². The van der Waals surface area contributed by atoms with Crippen molar-refractivity contribution in [3.05, 3.63) is 56.2 Å². The lowest BCUT2D eigenvalue weighted by Crippen LogP contribution is -2.11. The van der Waals surface area contributed by atoms with Gasteiger partial charge >= 0.3 is 6.18 Å². The first kappa shape index (κ1) is 14.1. The third-order valence-corrected chi connectivity index (χ3v) is 3.89. The summed E-state index contributed by atoms with van der Waals surface area (Å²) in [6.07, 6.45) is -4.54. The van der Waals surface area contributed by atoms with Gasteiger partial charge in [0.25, 0.3) is 0 Å². The van der Waals surface area contributed by atoms with Crippen LogP contribution in [0.2, 0.25) is 5.02 Å². The Kier molecular flexibility index (Phi) is 3.69. The molecule has 0 amide bonds. The lowest BCUT2D eigenvalue weighted by atomic mass is 10.0. The van der Waals surface area contributed by atoms with Gasteiger partial charge in [0, 0.05) is 21.9 Å². The summed E-state index contributed by atoms with van der Waals surface area (Å²) in [5, 5.41) is 2.31. The van der Waals surface area contributed by atoms with E-state index in [1.54, 1.807) is 19.1 Å². The van der Waals surface area contributed by atoms with E-state index in [-0.39, 0.29) is 16.1 Å². The first-order valence-electron chi connectivity index (χ1n) is 5.25. The van der Waals surface area contributed by atoms with Crippen LogP contribution in [0.4, 0.5) is 13.2 Å². The molecule has 0 saturated carbocycles. The third kappa shape index (κ3) is 2.67. The second-order valence-electron chi connectivity index (χ2n) is 3.96. The van der Waals surface area contributed by atoms with Gasteiger partial charge in [-0.1, -0.05) is 23.7 Å². The number of benzene rings is 1. The van der Waals surface area contributed by atoms with Crippen molar-refractivity contribution in [2.24, 2.45) is 0 Å². The molecule has 0 radical (unpaired) electrons. The number of aryl methyl sites for hydroxylation is 1. The van der Waals surface area contributed by atoms with E-state index in [1.807, 2.05) is 0 Å². The third-order valence-electron chi connectivity index (χ3n) is 2.65. The second kappa shape index (κ2) is 4.98. The lowest BCUT2D eigenvalue weighted by Gasteiger charge is -2.09. The predicted molar refractivity (Wildman–Crippen MR) is 68.9 cm³/mol. The van der Waals surface area contributed by atoms with Crippen LogP contribution in [-0.2, 0) is 6.18 Å². The molecule has 0 spiro atoms. The number of carbonyl (C=O) groups excluding carboxylic acids is 1. The number of carbonyl (C=O) groups is 1. The van der Waals surface area contributed by atoms with Crippen molar-refractivity contribution in [2.45, 2.75) is 13.1 Å². The summed E-state index contributed by atoms with van der Waals surface area (Å²) in [5.41, 5.74) is -0.535. The molecule has 2 rings (SSSR count). The summed E-state index contributed by atoms with van der Waals surface area (Å²) >= 11 is 6.82. The Morgan fingerprint density at radius 3 is 2.53 bits per heavy atom.